The fourth-order valence-electron chi connectivity index (χ4n) is 3.31. The minimum Gasteiger partial charge on any atom is -0.304 e. The van der Waals surface area contributed by atoms with Gasteiger partial charge >= 0.3 is 0 Å². The van der Waals surface area contributed by atoms with Crippen molar-refractivity contribution >= 4 is 27.4 Å². The fourth-order valence-corrected chi connectivity index (χ4v) is 5.00. The molecule has 2 aromatic rings. The molecule has 0 unspecified atom stereocenters. The lowest BCUT2D eigenvalue weighted by Crippen LogP contribution is -2.44. The number of hydrogen-bond donors (Lipinski definition) is 0. The van der Waals surface area contributed by atoms with Crippen LogP contribution in [0.5, 0.6) is 0 Å². The van der Waals surface area contributed by atoms with E-state index < -0.39 is 51.2 Å². The highest BCUT2D eigenvalue weighted by atomic mass is 32.2. The Morgan fingerprint density at radius 2 is 1.80 bits per heavy atom. The Hall–Kier alpha value is -1.64. The van der Waals surface area contributed by atoms with Gasteiger partial charge in [0.25, 0.3) is 0 Å². The average molecular weight is 452 g/mol. The number of benzene rings is 2. The molecule has 0 radical (unpaired) electrons. The minimum absolute atomic E-state index is 0.0172. The lowest BCUT2D eigenvalue weighted by Gasteiger charge is -2.32. The Bertz CT molecular complexity index is 1460. The molecule has 0 aromatic heterocycles. The zero-order chi connectivity index (χ0) is 28.3. The fraction of sp³-hybridized carbons (Fsp3) is 0.391. The van der Waals surface area contributed by atoms with E-state index in [-0.39, 0.29) is 45.0 Å². The highest BCUT2D eigenvalue weighted by Gasteiger charge is 2.25. The maximum absolute atomic E-state index is 13.1. The van der Waals surface area contributed by atoms with Gasteiger partial charge in [-0.25, -0.2) is 12.7 Å². The number of sulfonamides is 1. The van der Waals surface area contributed by atoms with Crippen molar-refractivity contribution in [2.75, 3.05) is 53.9 Å². The summed E-state index contributed by atoms with van der Waals surface area (Å²) in [6.07, 6.45) is 0.191. The highest BCUT2D eigenvalue weighted by molar-refractivity contribution is 7.99. The number of hydrogen-bond acceptors (Lipinski definition) is 5. The van der Waals surface area contributed by atoms with Gasteiger partial charge in [0.15, 0.2) is 0 Å². The number of piperazine rings is 1. The van der Waals surface area contributed by atoms with Crippen molar-refractivity contribution in [1.29, 1.82) is 0 Å². The molecule has 4 rings (SSSR count). The van der Waals surface area contributed by atoms with E-state index in [9.17, 15) is 8.42 Å². The largest absolute Gasteiger partial charge is 0.304 e. The molecule has 2 aliphatic heterocycles. The summed E-state index contributed by atoms with van der Waals surface area (Å²) in [5, 5.41) is 0. The monoisotopic (exact) mass is 451 g/mol. The minimum atomic E-state index is -4.31. The van der Waals surface area contributed by atoms with E-state index in [4.69, 9.17) is 11.0 Å². The molecule has 2 aromatic carbocycles. The first-order chi connectivity index (χ1) is 17.7. The highest BCUT2D eigenvalue weighted by Crippen LogP contribution is 2.46. The SMILES string of the molecule is [2H]/C(CCN1CCN(C)CC1)=C1\c2c([2H])c([2H])c([2H])c([2H])c2Sc2c([2H])c([2H])c(S(=O)(=O)N(C)C)c([2H])c21. The summed E-state index contributed by atoms with van der Waals surface area (Å²) in [7, 11) is 0.253. The van der Waals surface area contributed by atoms with Crippen LogP contribution in [-0.2, 0) is 10.0 Å². The van der Waals surface area contributed by atoms with Gasteiger partial charge in [-0.05, 0) is 54.3 Å². The predicted molar refractivity (Wildman–Crippen MR) is 124 cm³/mol. The molecule has 2 heterocycles. The van der Waals surface area contributed by atoms with Crippen molar-refractivity contribution < 1.29 is 19.4 Å². The van der Waals surface area contributed by atoms with Crippen LogP contribution >= 0.6 is 11.8 Å². The third-order valence-corrected chi connectivity index (χ3v) is 7.88. The van der Waals surface area contributed by atoms with Crippen LogP contribution in [0.15, 0.2) is 63.0 Å². The normalized spacial score (nSPS) is 23.2. The van der Waals surface area contributed by atoms with Crippen molar-refractivity contribution in [3.8, 4) is 0 Å². The van der Waals surface area contributed by atoms with Gasteiger partial charge < -0.3 is 9.80 Å². The second kappa shape index (κ2) is 8.85. The Morgan fingerprint density at radius 3 is 2.53 bits per heavy atom. The molecule has 5 nitrogen and oxygen atoms in total. The molecule has 0 N–H and O–H groups in total. The maximum atomic E-state index is 13.1. The Morgan fingerprint density at radius 1 is 1.10 bits per heavy atom. The van der Waals surface area contributed by atoms with Crippen molar-refractivity contribution in [1.82, 2.24) is 14.1 Å². The second-order valence-electron chi connectivity index (χ2n) is 7.45. The first kappa shape index (κ1) is 13.7. The van der Waals surface area contributed by atoms with Crippen LogP contribution in [0.3, 0.4) is 0 Å². The molecule has 30 heavy (non-hydrogen) atoms. The quantitative estimate of drug-likeness (QED) is 0.594. The van der Waals surface area contributed by atoms with E-state index in [1.54, 1.807) is 0 Å². The van der Waals surface area contributed by atoms with E-state index in [1.165, 1.54) is 14.1 Å². The van der Waals surface area contributed by atoms with Crippen LogP contribution in [-0.4, -0.2) is 76.4 Å². The molecule has 1 fully saturated rings. The Labute approximate surface area is 195 Å². The number of nitrogens with zero attached hydrogens (tertiary/aromatic N) is 3. The molecule has 1 saturated heterocycles. The molecule has 0 atom stereocenters. The van der Waals surface area contributed by atoms with Crippen molar-refractivity contribution in [3.63, 3.8) is 0 Å². The van der Waals surface area contributed by atoms with Gasteiger partial charge in [0, 0.05) is 56.6 Å². The summed E-state index contributed by atoms with van der Waals surface area (Å²) in [4.78, 5) is 3.85. The average Bonchev–Trinajstić information content (AvgIpc) is 2.87. The summed E-state index contributed by atoms with van der Waals surface area (Å²) < 4.78 is 95.6. The van der Waals surface area contributed by atoms with Crippen LogP contribution in [0.4, 0.5) is 0 Å². The van der Waals surface area contributed by atoms with E-state index in [0.717, 1.165) is 42.2 Å². The third-order valence-electron chi connectivity index (χ3n) is 5.18. The summed E-state index contributed by atoms with van der Waals surface area (Å²) in [5.74, 6) is 0. The summed E-state index contributed by atoms with van der Waals surface area (Å²) in [5.41, 5.74) is -0.0170. The Balaban J connectivity index is 2.01. The standard InChI is InChI=1S/C23H29N3O2S2/c1-24(2)30(27,28)18-10-11-23-21(17-18)19(20-7-4-5-9-22(20)29-23)8-6-12-26-15-13-25(3)14-16-26/h4-5,7-11,17H,6,12-16H2,1-3H3/b19-8-/i4D,5D,7D,8D,9D,10D,11D,17D. The maximum Gasteiger partial charge on any atom is 0.242 e. The molecular formula is C23H29N3O2S2. The van der Waals surface area contributed by atoms with Crippen molar-refractivity contribution in [3.05, 3.63) is 59.5 Å². The van der Waals surface area contributed by atoms with Gasteiger partial charge in [-0.3, -0.25) is 0 Å². The lowest BCUT2D eigenvalue weighted by atomic mass is 9.96. The van der Waals surface area contributed by atoms with Gasteiger partial charge in [-0.15, -0.1) is 0 Å². The lowest BCUT2D eigenvalue weighted by molar-refractivity contribution is 0.156. The van der Waals surface area contributed by atoms with Gasteiger partial charge in [-0.2, -0.15) is 0 Å². The molecule has 160 valence electrons. The molecule has 7 heteroatoms. The molecule has 0 amide bonds. The Kier molecular flexibility index (Phi) is 4.04. The summed E-state index contributed by atoms with van der Waals surface area (Å²) in [6.45, 7) is 3.85. The molecular weight excluding hydrogens is 414 g/mol. The van der Waals surface area contributed by atoms with Crippen molar-refractivity contribution in [2.45, 2.75) is 21.1 Å². The van der Waals surface area contributed by atoms with Gasteiger partial charge in [-0.1, -0.05) is 35.9 Å². The first-order valence-electron chi connectivity index (χ1n) is 13.7. The molecule has 2 aliphatic rings. The van der Waals surface area contributed by atoms with E-state index in [0.29, 0.717) is 6.54 Å². The number of rotatable bonds is 5. The van der Waals surface area contributed by atoms with Crippen LogP contribution in [0, 0.1) is 0 Å². The molecule has 0 aliphatic carbocycles. The molecule has 0 spiro atoms. The van der Waals surface area contributed by atoms with Gasteiger partial charge in [0.1, 0.15) is 0 Å². The van der Waals surface area contributed by atoms with Gasteiger partial charge in [0.05, 0.1) is 15.9 Å². The van der Waals surface area contributed by atoms with E-state index in [2.05, 4.69) is 9.80 Å². The molecule has 0 saturated carbocycles. The van der Waals surface area contributed by atoms with Gasteiger partial charge in [0.2, 0.25) is 10.0 Å². The predicted octanol–water partition coefficient (Wildman–Crippen LogP) is 3.47. The summed E-state index contributed by atoms with van der Waals surface area (Å²) >= 11 is 0.816. The number of likely N-dealkylation sites (N-methyl/N-ethyl adjacent to an activating group) is 1. The summed E-state index contributed by atoms with van der Waals surface area (Å²) in [6, 6.07) is -3.41. The second-order valence-corrected chi connectivity index (χ2v) is 10.6. The van der Waals surface area contributed by atoms with Crippen LogP contribution < -0.4 is 0 Å². The number of fused-ring (bicyclic) bond motifs is 2. The van der Waals surface area contributed by atoms with Crippen LogP contribution in [0.2, 0.25) is 0 Å². The van der Waals surface area contributed by atoms with Crippen LogP contribution in [0.25, 0.3) is 5.57 Å². The van der Waals surface area contributed by atoms with E-state index in [1.807, 2.05) is 7.05 Å². The first-order valence-corrected chi connectivity index (χ1v) is 11.9. The zero-order valence-electron chi connectivity index (χ0n) is 25.2. The van der Waals surface area contributed by atoms with Crippen molar-refractivity contribution in [2.24, 2.45) is 0 Å². The third kappa shape index (κ3) is 4.36. The smallest absolute Gasteiger partial charge is 0.242 e. The van der Waals surface area contributed by atoms with E-state index >= 15 is 0 Å². The van der Waals surface area contributed by atoms with Crippen LogP contribution in [0.1, 0.15) is 28.5 Å². The molecule has 0 bridgehead atoms. The zero-order valence-corrected chi connectivity index (χ0v) is 18.9. The topological polar surface area (TPSA) is 43.9 Å².